The van der Waals surface area contributed by atoms with Gasteiger partial charge in [0.25, 0.3) is 0 Å². The molecular weight excluding hydrogens is 597 g/mol. The summed E-state index contributed by atoms with van der Waals surface area (Å²) in [6.07, 6.45) is 4.86. The van der Waals surface area contributed by atoms with Crippen LogP contribution in [0, 0.1) is 28.1 Å². The minimum absolute atomic E-state index is 0.617. The molecule has 0 N–H and O–H groups in total. The van der Waals surface area contributed by atoms with Crippen LogP contribution in [-0.4, -0.2) is 9.13 Å². The van der Waals surface area contributed by atoms with E-state index in [1.807, 2.05) is 31.2 Å². The van der Waals surface area contributed by atoms with Crippen LogP contribution >= 0.6 is 0 Å². The smallest absolute Gasteiger partial charge is 0.0998 e. The molecule has 9 rings (SSSR count). The predicted octanol–water partition coefficient (Wildman–Crippen LogP) is 11.3. The third kappa shape index (κ3) is 4.28. The maximum atomic E-state index is 10.6. The average Bonchev–Trinajstić information content (AvgIpc) is 3.68. The van der Waals surface area contributed by atoms with Gasteiger partial charge in [-0.2, -0.15) is 10.5 Å². The third-order valence-corrected chi connectivity index (χ3v) is 10.1. The molecule has 230 valence electrons. The number of hydrogen-bond acceptors (Lipinski definition) is 2. The minimum Gasteiger partial charge on any atom is -0.309 e. The number of nitriles is 2. The molecule has 0 bridgehead atoms. The van der Waals surface area contributed by atoms with Gasteiger partial charge in [0.05, 0.1) is 50.9 Å². The fourth-order valence-electron chi connectivity index (χ4n) is 7.86. The topological polar surface area (TPSA) is 57.4 Å². The lowest BCUT2D eigenvalue weighted by atomic mass is 9.73. The highest BCUT2D eigenvalue weighted by Gasteiger charge is 2.35. The normalized spacial score (nSPS) is 16.1. The lowest BCUT2D eigenvalue weighted by Gasteiger charge is -2.31. The van der Waals surface area contributed by atoms with Crippen molar-refractivity contribution >= 4 is 54.9 Å². The van der Waals surface area contributed by atoms with Crippen LogP contribution < -0.4 is 0 Å². The first-order valence-corrected chi connectivity index (χ1v) is 16.5. The van der Waals surface area contributed by atoms with Gasteiger partial charge in [-0.1, -0.05) is 103 Å². The van der Waals surface area contributed by atoms with Crippen molar-refractivity contribution in [3.05, 3.63) is 163 Å². The summed E-state index contributed by atoms with van der Waals surface area (Å²) in [4.78, 5) is 0. The lowest BCUT2D eigenvalue weighted by molar-refractivity contribution is 0.595. The van der Waals surface area contributed by atoms with E-state index in [9.17, 15) is 10.5 Å². The van der Waals surface area contributed by atoms with E-state index in [0.29, 0.717) is 12.0 Å². The van der Waals surface area contributed by atoms with Crippen molar-refractivity contribution in [1.82, 2.24) is 9.13 Å². The fraction of sp³-hybridized carbons (Fsp3) is 0.0667. The summed E-state index contributed by atoms with van der Waals surface area (Å²) in [6, 6.07) is 53.7. The molecule has 0 spiro atoms. The van der Waals surface area contributed by atoms with Gasteiger partial charge < -0.3 is 9.13 Å². The quantitative estimate of drug-likeness (QED) is 0.195. The Morgan fingerprint density at radius 2 is 1.16 bits per heavy atom. The summed E-state index contributed by atoms with van der Waals surface area (Å²) in [6.45, 7) is 2.03. The number of nitrogens with zero attached hydrogens (tertiary/aromatic N) is 4. The van der Waals surface area contributed by atoms with Crippen LogP contribution in [-0.2, 0) is 0 Å². The molecule has 2 aromatic heterocycles. The molecule has 0 saturated carbocycles. The molecule has 2 heterocycles. The summed E-state index contributed by atoms with van der Waals surface area (Å²) < 4.78 is 4.57. The molecular formula is C45H30N4. The Morgan fingerprint density at radius 3 is 1.84 bits per heavy atom. The Labute approximate surface area is 284 Å². The SMILES string of the molecule is CC1(C#N)CC=CC(n2c3ccccc3c3c(C#N)cccc32)=C1c1ccc(-c2cccc(-n3c4ccccc4c4ccccc43)c2)cc1. The third-order valence-electron chi connectivity index (χ3n) is 10.1. The number of benzene rings is 6. The average molecular weight is 627 g/mol. The Balaban J connectivity index is 1.20. The Bertz CT molecular complexity index is 2720. The molecule has 8 aromatic rings. The first-order valence-electron chi connectivity index (χ1n) is 16.5. The molecule has 1 aliphatic carbocycles. The highest BCUT2D eigenvalue weighted by Crippen LogP contribution is 2.47. The number of fused-ring (bicyclic) bond motifs is 6. The van der Waals surface area contributed by atoms with Gasteiger partial charge in [-0.15, -0.1) is 0 Å². The van der Waals surface area contributed by atoms with Gasteiger partial charge >= 0.3 is 0 Å². The van der Waals surface area contributed by atoms with Crippen LogP contribution in [0.4, 0.5) is 0 Å². The Hall–Kier alpha value is -6.62. The Morgan fingerprint density at radius 1 is 0.571 bits per heavy atom. The van der Waals surface area contributed by atoms with Crippen molar-refractivity contribution in [2.45, 2.75) is 13.3 Å². The van der Waals surface area contributed by atoms with Gasteiger partial charge in [-0.3, -0.25) is 0 Å². The summed E-state index contributed by atoms with van der Waals surface area (Å²) in [5, 5.41) is 25.1. The molecule has 4 heteroatoms. The second kappa shape index (κ2) is 11.0. The van der Waals surface area contributed by atoms with Crippen molar-refractivity contribution in [3.8, 4) is 29.0 Å². The standard InChI is InChI=1S/C45H30N4/c1-45(29-47)26-10-21-42(49-40-19-7-4-16-37(40)43-33(28-46)12-9-20-41(43)49)44(45)31-24-22-30(23-25-31)32-11-8-13-34(27-32)48-38-17-5-2-14-35(38)36-15-3-6-18-39(36)48/h2-25,27H,26H2,1H3. The van der Waals surface area contributed by atoms with Crippen molar-refractivity contribution in [3.63, 3.8) is 0 Å². The second-order valence-corrected chi connectivity index (χ2v) is 13.0. The van der Waals surface area contributed by atoms with Crippen molar-refractivity contribution in [1.29, 1.82) is 10.5 Å². The second-order valence-electron chi connectivity index (χ2n) is 13.0. The first kappa shape index (κ1) is 28.6. The van der Waals surface area contributed by atoms with Gasteiger partial charge in [0.15, 0.2) is 0 Å². The Kier molecular flexibility index (Phi) is 6.41. The molecule has 0 radical (unpaired) electrons. The largest absolute Gasteiger partial charge is 0.309 e. The van der Waals surface area contributed by atoms with E-state index >= 15 is 0 Å². The molecule has 0 fully saturated rings. The van der Waals surface area contributed by atoms with Crippen molar-refractivity contribution in [2.75, 3.05) is 0 Å². The van der Waals surface area contributed by atoms with Crippen LogP contribution in [0.1, 0.15) is 24.5 Å². The molecule has 0 saturated heterocycles. The number of aromatic nitrogens is 2. The molecule has 1 aliphatic rings. The van der Waals surface area contributed by atoms with Gasteiger partial charge in [0, 0.05) is 32.8 Å². The molecule has 4 nitrogen and oxygen atoms in total. The van der Waals surface area contributed by atoms with E-state index in [1.165, 1.54) is 21.8 Å². The molecule has 0 aliphatic heterocycles. The van der Waals surface area contributed by atoms with Crippen LogP contribution in [0.25, 0.3) is 71.7 Å². The van der Waals surface area contributed by atoms with Gasteiger partial charge in [-0.25, -0.2) is 0 Å². The summed E-state index contributed by atoms with van der Waals surface area (Å²) in [5.74, 6) is 0. The molecule has 6 aromatic carbocycles. The number of para-hydroxylation sites is 3. The van der Waals surface area contributed by atoms with E-state index in [-0.39, 0.29) is 0 Å². The van der Waals surface area contributed by atoms with Crippen LogP contribution in [0.15, 0.2) is 152 Å². The molecule has 1 atom stereocenters. The molecule has 49 heavy (non-hydrogen) atoms. The summed E-state index contributed by atoms with van der Waals surface area (Å²) >= 11 is 0. The van der Waals surface area contributed by atoms with Crippen molar-refractivity contribution in [2.24, 2.45) is 5.41 Å². The zero-order valence-electron chi connectivity index (χ0n) is 26.9. The van der Waals surface area contributed by atoms with Crippen LogP contribution in [0.2, 0.25) is 0 Å². The van der Waals surface area contributed by atoms with E-state index in [0.717, 1.165) is 55.5 Å². The summed E-state index contributed by atoms with van der Waals surface area (Å²) in [5.41, 5.74) is 10.5. The number of allylic oxidation sites excluding steroid dienone is 4. The summed E-state index contributed by atoms with van der Waals surface area (Å²) in [7, 11) is 0. The zero-order valence-corrected chi connectivity index (χ0v) is 26.9. The molecule has 0 amide bonds. The van der Waals surface area contributed by atoms with E-state index in [1.54, 1.807) is 0 Å². The maximum absolute atomic E-state index is 10.6. The monoisotopic (exact) mass is 626 g/mol. The predicted molar refractivity (Wildman–Crippen MR) is 201 cm³/mol. The van der Waals surface area contributed by atoms with E-state index in [2.05, 4.69) is 149 Å². The van der Waals surface area contributed by atoms with Crippen LogP contribution in [0.5, 0.6) is 0 Å². The number of hydrogen-bond donors (Lipinski definition) is 0. The van der Waals surface area contributed by atoms with Gasteiger partial charge in [-0.05, 0) is 78.6 Å². The first-order chi connectivity index (χ1) is 24.1. The zero-order chi connectivity index (χ0) is 33.1. The van der Waals surface area contributed by atoms with E-state index in [4.69, 9.17) is 0 Å². The maximum Gasteiger partial charge on any atom is 0.0998 e. The van der Waals surface area contributed by atoms with Gasteiger partial charge in [0.1, 0.15) is 0 Å². The highest BCUT2D eigenvalue weighted by molar-refractivity contribution is 6.14. The van der Waals surface area contributed by atoms with Gasteiger partial charge in [0.2, 0.25) is 0 Å². The highest BCUT2D eigenvalue weighted by atomic mass is 15.0. The molecule has 1 unspecified atom stereocenters. The minimum atomic E-state index is -0.743. The number of rotatable bonds is 4. The van der Waals surface area contributed by atoms with E-state index < -0.39 is 5.41 Å². The lowest BCUT2D eigenvalue weighted by Crippen LogP contribution is -2.20. The van der Waals surface area contributed by atoms with Crippen molar-refractivity contribution < 1.29 is 0 Å². The fourth-order valence-corrected chi connectivity index (χ4v) is 7.86. The van der Waals surface area contributed by atoms with Crippen LogP contribution in [0.3, 0.4) is 0 Å².